The zero-order valence-corrected chi connectivity index (χ0v) is 17.3. The highest BCUT2D eigenvalue weighted by molar-refractivity contribution is 6.22. The molecule has 0 bridgehead atoms. The highest BCUT2D eigenvalue weighted by Gasteiger charge is 2.33. The second kappa shape index (κ2) is 6.41. The number of hydrogen-bond acceptors (Lipinski definition) is 2. The van der Waals surface area contributed by atoms with E-state index in [0.29, 0.717) is 6.54 Å². The first-order valence-electron chi connectivity index (χ1n) is 10.9. The third kappa shape index (κ3) is 2.38. The summed E-state index contributed by atoms with van der Waals surface area (Å²) in [5.74, 6) is 0.0252. The van der Waals surface area contributed by atoms with E-state index in [9.17, 15) is 4.79 Å². The lowest BCUT2D eigenvalue weighted by Gasteiger charge is -2.10. The Morgan fingerprint density at radius 1 is 0.906 bits per heavy atom. The molecule has 2 aliphatic rings. The molecule has 4 heteroatoms. The molecule has 1 amide bonds. The maximum Gasteiger partial charge on any atom is 0.252 e. The van der Waals surface area contributed by atoms with Gasteiger partial charge >= 0.3 is 0 Å². The molecule has 1 aliphatic carbocycles. The number of aromatic nitrogens is 2. The van der Waals surface area contributed by atoms with E-state index in [1.165, 1.54) is 22.3 Å². The number of carbonyl (C=O) groups is 1. The van der Waals surface area contributed by atoms with Gasteiger partial charge in [-0.2, -0.15) is 0 Å². The number of rotatable bonds is 2. The SMILES string of the molecule is O=C1NCc2c3c(c4[nH]c5ccccc5c4c21)Cc1ccc(C=Cc2ccccn2)cc1-3. The van der Waals surface area contributed by atoms with Crippen LogP contribution in [-0.2, 0) is 13.0 Å². The number of hydrogen-bond donors (Lipinski definition) is 2. The van der Waals surface area contributed by atoms with Crippen molar-refractivity contribution in [2.75, 3.05) is 0 Å². The van der Waals surface area contributed by atoms with Crippen LogP contribution in [-0.4, -0.2) is 15.9 Å². The number of nitrogens with one attached hydrogen (secondary N) is 2. The molecule has 0 radical (unpaired) electrons. The number of benzene rings is 3. The summed E-state index contributed by atoms with van der Waals surface area (Å²) in [6.07, 6.45) is 6.82. The fourth-order valence-corrected chi connectivity index (χ4v) is 5.33. The number of pyridine rings is 1. The summed E-state index contributed by atoms with van der Waals surface area (Å²) in [4.78, 5) is 20.9. The van der Waals surface area contributed by atoms with Crippen LogP contribution in [0.5, 0.6) is 0 Å². The molecule has 4 nitrogen and oxygen atoms in total. The summed E-state index contributed by atoms with van der Waals surface area (Å²) >= 11 is 0. The summed E-state index contributed by atoms with van der Waals surface area (Å²) in [5.41, 5.74) is 11.3. The van der Waals surface area contributed by atoms with Gasteiger partial charge in [-0.05, 0) is 63.7 Å². The van der Waals surface area contributed by atoms with E-state index < -0.39 is 0 Å². The van der Waals surface area contributed by atoms with Gasteiger partial charge in [-0.1, -0.05) is 42.5 Å². The van der Waals surface area contributed by atoms with Crippen LogP contribution in [0.15, 0.2) is 66.9 Å². The Kier molecular flexibility index (Phi) is 3.50. The minimum atomic E-state index is 0.0252. The van der Waals surface area contributed by atoms with Crippen molar-refractivity contribution in [2.45, 2.75) is 13.0 Å². The van der Waals surface area contributed by atoms with Crippen molar-refractivity contribution in [3.63, 3.8) is 0 Å². The fourth-order valence-electron chi connectivity index (χ4n) is 5.33. The van der Waals surface area contributed by atoms with Gasteiger partial charge in [0.2, 0.25) is 0 Å². The predicted octanol–water partition coefficient (Wildman–Crippen LogP) is 5.70. The molecule has 0 spiro atoms. The number of nitrogens with zero attached hydrogens (tertiary/aromatic N) is 1. The highest BCUT2D eigenvalue weighted by atomic mass is 16.1. The lowest BCUT2D eigenvalue weighted by atomic mass is 9.92. The largest absolute Gasteiger partial charge is 0.354 e. The monoisotopic (exact) mass is 413 g/mol. The molecular formula is C28H19N3O. The molecule has 7 rings (SSSR count). The first-order valence-corrected chi connectivity index (χ1v) is 10.9. The lowest BCUT2D eigenvalue weighted by Crippen LogP contribution is -2.12. The minimum absolute atomic E-state index is 0.0252. The molecule has 0 fully saturated rings. The van der Waals surface area contributed by atoms with Crippen molar-refractivity contribution >= 4 is 39.9 Å². The lowest BCUT2D eigenvalue weighted by molar-refractivity contribution is 0.0967. The number of para-hydroxylation sites is 1. The van der Waals surface area contributed by atoms with Gasteiger partial charge in [0, 0.05) is 35.5 Å². The van der Waals surface area contributed by atoms with Crippen LogP contribution in [0.2, 0.25) is 0 Å². The van der Waals surface area contributed by atoms with E-state index in [-0.39, 0.29) is 5.91 Å². The van der Waals surface area contributed by atoms with Gasteiger partial charge in [0.15, 0.2) is 0 Å². The number of fused-ring (bicyclic) bond motifs is 10. The summed E-state index contributed by atoms with van der Waals surface area (Å²) in [7, 11) is 0. The summed E-state index contributed by atoms with van der Waals surface area (Å²) in [5, 5.41) is 5.26. The zero-order chi connectivity index (χ0) is 21.2. The van der Waals surface area contributed by atoms with Crippen LogP contribution in [0, 0.1) is 0 Å². The number of carbonyl (C=O) groups excluding carboxylic acids is 1. The van der Waals surface area contributed by atoms with Gasteiger partial charge in [0.25, 0.3) is 5.91 Å². The molecule has 0 atom stereocenters. The quantitative estimate of drug-likeness (QED) is 0.382. The Bertz CT molecular complexity index is 1610. The Morgan fingerprint density at radius 2 is 1.81 bits per heavy atom. The second-order valence-electron chi connectivity index (χ2n) is 8.49. The molecule has 2 N–H and O–H groups in total. The maximum absolute atomic E-state index is 12.9. The minimum Gasteiger partial charge on any atom is -0.354 e. The van der Waals surface area contributed by atoms with Gasteiger partial charge in [-0.25, -0.2) is 0 Å². The van der Waals surface area contributed by atoms with E-state index in [0.717, 1.165) is 50.6 Å². The second-order valence-corrected chi connectivity index (χ2v) is 8.49. The first kappa shape index (κ1) is 17.5. The summed E-state index contributed by atoms with van der Waals surface area (Å²) in [6.45, 7) is 0.583. The topological polar surface area (TPSA) is 57.8 Å². The molecular weight excluding hydrogens is 394 g/mol. The Labute approximate surface area is 184 Å². The Balaban J connectivity index is 1.46. The van der Waals surface area contributed by atoms with Crippen LogP contribution in [0.4, 0.5) is 0 Å². The predicted molar refractivity (Wildman–Crippen MR) is 128 cm³/mol. The Hall–Kier alpha value is -4.18. The molecule has 1 aliphatic heterocycles. The van der Waals surface area contributed by atoms with Gasteiger partial charge in [0.05, 0.1) is 16.8 Å². The third-order valence-electron chi connectivity index (χ3n) is 6.72. The number of aromatic amines is 1. The molecule has 0 saturated heterocycles. The normalized spacial score (nSPS) is 14.2. The van der Waals surface area contributed by atoms with Gasteiger partial charge in [-0.15, -0.1) is 0 Å². The van der Waals surface area contributed by atoms with Crippen LogP contribution in [0.1, 0.15) is 38.3 Å². The van der Waals surface area contributed by atoms with Crippen molar-refractivity contribution in [3.8, 4) is 11.1 Å². The van der Waals surface area contributed by atoms with Crippen molar-refractivity contribution in [3.05, 3.63) is 100 Å². The molecule has 5 aromatic rings. The van der Waals surface area contributed by atoms with Crippen LogP contribution in [0.3, 0.4) is 0 Å². The van der Waals surface area contributed by atoms with Crippen LogP contribution < -0.4 is 5.32 Å². The van der Waals surface area contributed by atoms with Crippen molar-refractivity contribution < 1.29 is 4.79 Å². The van der Waals surface area contributed by atoms with Crippen molar-refractivity contribution in [1.29, 1.82) is 0 Å². The molecule has 0 unspecified atom stereocenters. The Morgan fingerprint density at radius 3 is 2.72 bits per heavy atom. The summed E-state index contributed by atoms with van der Waals surface area (Å²) in [6, 6.07) is 20.8. The first-order chi connectivity index (χ1) is 15.8. The molecule has 2 aromatic heterocycles. The summed E-state index contributed by atoms with van der Waals surface area (Å²) < 4.78 is 0. The highest BCUT2D eigenvalue weighted by Crippen LogP contribution is 2.47. The third-order valence-corrected chi connectivity index (χ3v) is 6.72. The molecule has 3 heterocycles. The standard InChI is InChI=1S/C28H19N3O/c32-28-26-22(15-30-28)24-20-13-16(9-11-18-5-3-4-12-29-18)8-10-17(20)14-21(24)27-25(26)19-6-1-2-7-23(19)31-27/h1-13,31H,14-15H2,(H,30,32). The van der Waals surface area contributed by atoms with E-state index in [1.807, 2.05) is 36.4 Å². The van der Waals surface area contributed by atoms with E-state index in [2.05, 4.69) is 51.7 Å². The smallest absolute Gasteiger partial charge is 0.252 e. The maximum atomic E-state index is 12.9. The molecule has 0 saturated carbocycles. The van der Waals surface area contributed by atoms with Crippen molar-refractivity contribution in [1.82, 2.24) is 15.3 Å². The molecule has 32 heavy (non-hydrogen) atoms. The van der Waals surface area contributed by atoms with Crippen molar-refractivity contribution in [2.24, 2.45) is 0 Å². The van der Waals surface area contributed by atoms with Crippen LogP contribution in [0.25, 0.3) is 45.1 Å². The number of H-pyrrole nitrogens is 1. The molecule has 152 valence electrons. The van der Waals surface area contributed by atoms with Gasteiger partial charge < -0.3 is 10.3 Å². The average molecular weight is 413 g/mol. The van der Waals surface area contributed by atoms with Gasteiger partial charge in [-0.3, -0.25) is 9.78 Å². The zero-order valence-electron chi connectivity index (χ0n) is 17.3. The van der Waals surface area contributed by atoms with E-state index >= 15 is 0 Å². The van der Waals surface area contributed by atoms with E-state index in [4.69, 9.17) is 0 Å². The fraction of sp³-hybridized carbons (Fsp3) is 0.0714. The average Bonchev–Trinajstić information content (AvgIpc) is 3.51. The molecule has 3 aromatic carbocycles. The van der Waals surface area contributed by atoms with Gasteiger partial charge in [0.1, 0.15) is 0 Å². The van der Waals surface area contributed by atoms with Crippen LogP contribution >= 0.6 is 0 Å². The van der Waals surface area contributed by atoms with E-state index in [1.54, 1.807) is 6.20 Å². The number of amides is 1.